The van der Waals surface area contributed by atoms with Gasteiger partial charge in [-0.1, -0.05) is 57.3 Å². The Kier molecular flexibility index (Phi) is 4.77. The molecule has 4 heteroatoms. The molecule has 0 aliphatic rings. The molecule has 0 heterocycles. The highest BCUT2D eigenvalue weighted by Gasteiger charge is 2.15. The van der Waals surface area contributed by atoms with Crippen LogP contribution in [0.1, 0.15) is 21.5 Å². The fourth-order valence-corrected chi connectivity index (χ4v) is 3.21. The lowest BCUT2D eigenvalue weighted by molar-refractivity contribution is 0.411. The lowest BCUT2D eigenvalue weighted by atomic mass is 10.0. The zero-order valence-electron chi connectivity index (χ0n) is 10.6. The summed E-state index contributed by atoms with van der Waals surface area (Å²) in [7, 11) is 1.67. The molecule has 0 fully saturated rings. The van der Waals surface area contributed by atoms with Gasteiger partial charge in [-0.05, 0) is 41.8 Å². The van der Waals surface area contributed by atoms with Gasteiger partial charge in [-0.25, -0.2) is 0 Å². The Morgan fingerprint density at radius 2 is 1.84 bits per heavy atom. The number of hydrogen-bond donors (Lipinski definition) is 0. The number of aryl methyl sites for hydroxylation is 1. The normalized spacial score (nSPS) is 12.3. The molecule has 0 radical (unpaired) electrons. The van der Waals surface area contributed by atoms with E-state index >= 15 is 0 Å². The lowest BCUT2D eigenvalue weighted by Gasteiger charge is -2.15. The van der Waals surface area contributed by atoms with Crippen molar-refractivity contribution < 1.29 is 4.74 Å². The van der Waals surface area contributed by atoms with E-state index in [-0.39, 0.29) is 4.83 Å². The first-order valence-corrected chi connectivity index (χ1v) is 7.43. The molecule has 0 amide bonds. The second-order valence-corrected chi connectivity index (χ2v) is 6.02. The predicted octanol–water partition coefficient (Wildman–Crippen LogP) is 5.79. The summed E-state index contributed by atoms with van der Waals surface area (Å²) in [6.45, 7) is 2.02. The van der Waals surface area contributed by atoms with Crippen LogP contribution >= 0.6 is 39.1 Å². The van der Waals surface area contributed by atoms with Crippen LogP contribution in [0.3, 0.4) is 0 Å². The van der Waals surface area contributed by atoms with Gasteiger partial charge >= 0.3 is 0 Å². The van der Waals surface area contributed by atoms with Crippen LogP contribution in [-0.2, 0) is 0 Å². The fourth-order valence-electron chi connectivity index (χ4n) is 1.88. The molecule has 2 aromatic rings. The summed E-state index contributed by atoms with van der Waals surface area (Å²) in [6, 6.07) is 11.6. The molecule has 2 rings (SSSR count). The molecule has 0 saturated carbocycles. The van der Waals surface area contributed by atoms with Crippen LogP contribution in [-0.4, -0.2) is 7.11 Å². The lowest BCUT2D eigenvalue weighted by Crippen LogP contribution is -1.96. The molecule has 0 aliphatic heterocycles. The molecule has 0 saturated heterocycles. The van der Waals surface area contributed by atoms with Gasteiger partial charge in [0.15, 0.2) is 0 Å². The summed E-state index contributed by atoms with van der Waals surface area (Å²) in [5, 5.41) is 1.28. The minimum absolute atomic E-state index is 0.00627. The summed E-state index contributed by atoms with van der Waals surface area (Å²) >= 11 is 15.8. The Labute approximate surface area is 131 Å². The second-order valence-electron chi connectivity index (χ2n) is 4.26. The van der Waals surface area contributed by atoms with Gasteiger partial charge in [0.2, 0.25) is 0 Å². The van der Waals surface area contributed by atoms with Crippen LogP contribution in [0.4, 0.5) is 0 Å². The average molecular weight is 360 g/mol. The van der Waals surface area contributed by atoms with Crippen molar-refractivity contribution in [3.8, 4) is 5.75 Å². The van der Waals surface area contributed by atoms with E-state index in [9.17, 15) is 0 Å². The molecule has 19 heavy (non-hydrogen) atoms. The van der Waals surface area contributed by atoms with Crippen molar-refractivity contribution in [1.82, 2.24) is 0 Å². The van der Waals surface area contributed by atoms with Crippen molar-refractivity contribution in [3.05, 3.63) is 63.1 Å². The summed E-state index contributed by atoms with van der Waals surface area (Å²) in [6.07, 6.45) is 0. The van der Waals surface area contributed by atoms with Crippen molar-refractivity contribution in [2.24, 2.45) is 0 Å². The maximum Gasteiger partial charge on any atom is 0.122 e. The Hall–Kier alpha value is -0.700. The van der Waals surface area contributed by atoms with E-state index in [0.29, 0.717) is 10.0 Å². The number of halogens is 3. The van der Waals surface area contributed by atoms with E-state index in [1.807, 2.05) is 31.2 Å². The van der Waals surface area contributed by atoms with E-state index in [2.05, 4.69) is 22.0 Å². The first kappa shape index (κ1) is 14.7. The molecule has 0 spiro atoms. The third kappa shape index (κ3) is 3.25. The van der Waals surface area contributed by atoms with E-state index in [1.54, 1.807) is 13.2 Å². The number of ether oxygens (including phenoxy) is 1. The third-order valence-electron chi connectivity index (χ3n) is 2.96. The van der Waals surface area contributed by atoms with Crippen molar-refractivity contribution >= 4 is 39.1 Å². The van der Waals surface area contributed by atoms with Crippen LogP contribution in [0.5, 0.6) is 5.75 Å². The first-order valence-electron chi connectivity index (χ1n) is 5.76. The minimum Gasteiger partial charge on any atom is -0.496 e. The summed E-state index contributed by atoms with van der Waals surface area (Å²) in [4.78, 5) is 0.00627. The summed E-state index contributed by atoms with van der Waals surface area (Å²) in [5.41, 5.74) is 3.18. The quantitative estimate of drug-likeness (QED) is 0.629. The van der Waals surface area contributed by atoms with Crippen molar-refractivity contribution in [2.75, 3.05) is 7.11 Å². The fraction of sp³-hybridized carbons (Fsp3) is 0.200. The van der Waals surface area contributed by atoms with Crippen molar-refractivity contribution in [1.29, 1.82) is 0 Å². The minimum atomic E-state index is 0.00627. The van der Waals surface area contributed by atoms with Gasteiger partial charge in [0.25, 0.3) is 0 Å². The average Bonchev–Trinajstić information content (AvgIpc) is 2.38. The smallest absolute Gasteiger partial charge is 0.122 e. The van der Waals surface area contributed by atoms with E-state index in [4.69, 9.17) is 27.9 Å². The van der Waals surface area contributed by atoms with Crippen LogP contribution in [0, 0.1) is 6.92 Å². The van der Waals surface area contributed by atoms with Crippen LogP contribution in [0.25, 0.3) is 0 Å². The van der Waals surface area contributed by atoms with Gasteiger partial charge in [-0.3, -0.25) is 0 Å². The van der Waals surface area contributed by atoms with Crippen molar-refractivity contribution in [2.45, 2.75) is 11.8 Å². The Bertz CT molecular complexity index is 599. The predicted molar refractivity (Wildman–Crippen MR) is 85.0 cm³/mol. The van der Waals surface area contributed by atoms with Crippen molar-refractivity contribution in [3.63, 3.8) is 0 Å². The Balaban J connectivity index is 2.40. The van der Waals surface area contributed by atoms with Gasteiger partial charge in [0, 0.05) is 10.0 Å². The molecule has 0 aromatic heterocycles. The standard InChI is InChI=1S/C15H13BrCl2O/c1-9-3-4-10(7-14(9)19-2)15(16)12-6-5-11(17)8-13(12)18/h3-8,15H,1-2H3. The molecule has 0 aliphatic carbocycles. The van der Waals surface area contributed by atoms with E-state index in [0.717, 1.165) is 22.4 Å². The van der Waals surface area contributed by atoms with Gasteiger partial charge in [-0.2, -0.15) is 0 Å². The number of hydrogen-bond acceptors (Lipinski definition) is 1. The molecule has 100 valence electrons. The molecular formula is C15H13BrCl2O. The monoisotopic (exact) mass is 358 g/mol. The van der Waals surface area contributed by atoms with E-state index in [1.165, 1.54) is 0 Å². The van der Waals surface area contributed by atoms with Crippen LogP contribution < -0.4 is 4.74 Å². The maximum absolute atomic E-state index is 6.23. The van der Waals surface area contributed by atoms with E-state index < -0.39 is 0 Å². The van der Waals surface area contributed by atoms with Gasteiger partial charge in [0.1, 0.15) is 5.75 Å². The molecule has 2 aromatic carbocycles. The topological polar surface area (TPSA) is 9.23 Å². The SMILES string of the molecule is COc1cc(C(Br)c2ccc(Cl)cc2Cl)ccc1C. The Morgan fingerprint density at radius 1 is 1.11 bits per heavy atom. The molecule has 1 atom stereocenters. The molecule has 1 nitrogen and oxygen atoms in total. The summed E-state index contributed by atoms with van der Waals surface area (Å²) < 4.78 is 5.35. The highest BCUT2D eigenvalue weighted by molar-refractivity contribution is 9.09. The molecule has 0 N–H and O–H groups in total. The van der Waals surface area contributed by atoms with Gasteiger partial charge in [0.05, 0.1) is 11.9 Å². The first-order chi connectivity index (χ1) is 9.02. The van der Waals surface area contributed by atoms with Gasteiger partial charge < -0.3 is 4.74 Å². The highest BCUT2D eigenvalue weighted by atomic mass is 79.9. The Morgan fingerprint density at radius 3 is 2.47 bits per heavy atom. The number of alkyl halides is 1. The summed E-state index contributed by atoms with van der Waals surface area (Å²) in [5.74, 6) is 0.868. The maximum atomic E-state index is 6.23. The highest BCUT2D eigenvalue weighted by Crippen LogP contribution is 2.37. The number of benzene rings is 2. The van der Waals surface area contributed by atoms with Crippen LogP contribution in [0.2, 0.25) is 10.0 Å². The third-order valence-corrected chi connectivity index (χ3v) is 4.54. The largest absolute Gasteiger partial charge is 0.496 e. The van der Waals surface area contributed by atoms with Gasteiger partial charge in [-0.15, -0.1) is 0 Å². The zero-order chi connectivity index (χ0) is 14.0. The molecule has 0 bridgehead atoms. The molecular weight excluding hydrogens is 347 g/mol. The molecule has 1 unspecified atom stereocenters. The number of methoxy groups -OCH3 is 1. The zero-order valence-corrected chi connectivity index (χ0v) is 13.7. The van der Waals surface area contributed by atoms with Crippen LogP contribution in [0.15, 0.2) is 36.4 Å². The second kappa shape index (κ2) is 6.17. The number of rotatable bonds is 3.